The Hall–Kier alpha value is -1.16. The molecule has 0 aromatic rings. The van der Waals surface area contributed by atoms with Gasteiger partial charge >= 0.3 is 5.97 Å². The van der Waals surface area contributed by atoms with Gasteiger partial charge in [0.05, 0.1) is 24.5 Å². The summed E-state index contributed by atoms with van der Waals surface area (Å²) in [5, 5.41) is 2.62. The van der Waals surface area contributed by atoms with Crippen molar-refractivity contribution in [1.29, 1.82) is 0 Å². The van der Waals surface area contributed by atoms with Crippen molar-refractivity contribution in [2.24, 2.45) is 11.3 Å². The summed E-state index contributed by atoms with van der Waals surface area (Å²) in [5.41, 5.74) is -2.22. The smallest absolute Gasteiger partial charge is 0.308 e. The molecule has 8 nitrogen and oxygen atoms in total. The average Bonchev–Trinajstić information content (AvgIpc) is 2.44. The van der Waals surface area contributed by atoms with Crippen LogP contribution in [0.15, 0.2) is 0 Å². The quantitative estimate of drug-likeness (QED) is 0.422. The Morgan fingerprint density at radius 3 is 1.96 bits per heavy atom. The van der Waals surface area contributed by atoms with E-state index in [9.17, 15) is 26.4 Å². The molecule has 0 bridgehead atoms. The molecule has 1 N–H and O–H groups in total. The molecule has 0 aliphatic carbocycles. The number of rotatable bonds is 10. The molecule has 0 rings (SSSR count). The maximum Gasteiger partial charge on any atom is 0.308 e. The van der Waals surface area contributed by atoms with Gasteiger partial charge in [-0.3, -0.25) is 9.59 Å². The van der Waals surface area contributed by atoms with E-state index in [1.54, 1.807) is 27.7 Å². The summed E-state index contributed by atoms with van der Waals surface area (Å²) < 4.78 is 51.6. The first-order valence-electron chi connectivity index (χ1n) is 8.43. The van der Waals surface area contributed by atoms with Crippen molar-refractivity contribution in [3.63, 3.8) is 0 Å². The fourth-order valence-electron chi connectivity index (χ4n) is 2.48. The second kappa shape index (κ2) is 8.69. The lowest BCUT2D eigenvalue weighted by Gasteiger charge is -2.34. The summed E-state index contributed by atoms with van der Waals surface area (Å²) in [7, 11) is -8.70. The summed E-state index contributed by atoms with van der Waals surface area (Å²) in [6.45, 7) is 9.96. The Morgan fingerprint density at radius 1 is 1.08 bits per heavy atom. The summed E-state index contributed by atoms with van der Waals surface area (Å²) in [5.74, 6) is -2.09. The standard InChI is InChI=1S/C16H31NO7S2/c1-8-16(6,10-12(3)13(18)24-9-2)14(19)17-15(4,5)11-26(22,23)25(7,20)21/h12H,8-11H2,1-7H3,(H,17,19). The van der Waals surface area contributed by atoms with Crippen LogP contribution in [-0.2, 0) is 32.1 Å². The third-order valence-corrected chi connectivity index (χ3v) is 9.34. The highest BCUT2D eigenvalue weighted by Gasteiger charge is 2.40. The van der Waals surface area contributed by atoms with Crippen LogP contribution in [0.5, 0.6) is 0 Å². The van der Waals surface area contributed by atoms with E-state index in [0.717, 1.165) is 0 Å². The maximum atomic E-state index is 12.8. The van der Waals surface area contributed by atoms with Gasteiger partial charge in [-0.2, -0.15) is 0 Å². The Kier molecular flexibility index (Phi) is 8.30. The Labute approximate surface area is 156 Å². The number of esters is 1. The first kappa shape index (κ1) is 24.8. The molecule has 2 atom stereocenters. The van der Waals surface area contributed by atoms with E-state index in [1.165, 1.54) is 13.8 Å². The molecular weight excluding hydrogens is 382 g/mol. The van der Waals surface area contributed by atoms with Crippen LogP contribution in [0.4, 0.5) is 0 Å². The van der Waals surface area contributed by atoms with Crippen LogP contribution in [0.3, 0.4) is 0 Å². The molecule has 154 valence electrons. The lowest BCUT2D eigenvalue weighted by Crippen LogP contribution is -2.54. The molecule has 1 amide bonds. The van der Waals surface area contributed by atoms with Gasteiger partial charge in [-0.05, 0) is 33.6 Å². The van der Waals surface area contributed by atoms with Crippen molar-refractivity contribution in [3.8, 4) is 0 Å². The number of nitrogens with one attached hydrogen (secondary N) is 1. The topological polar surface area (TPSA) is 124 Å². The van der Waals surface area contributed by atoms with Crippen molar-refractivity contribution < 1.29 is 31.2 Å². The minimum absolute atomic E-state index is 0.225. The molecule has 10 heteroatoms. The molecule has 0 fully saturated rings. The van der Waals surface area contributed by atoms with Gasteiger partial charge in [-0.15, -0.1) is 0 Å². The van der Waals surface area contributed by atoms with E-state index in [4.69, 9.17) is 4.74 Å². The molecule has 0 aliphatic heterocycles. The molecule has 0 aromatic carbocycles. The van der Waals surface area contributed by atoms with Crippen molar-refractivity contribution in [3.05, 3.63) is 0 Å². The summed E-state index contributed by atoms with van der Waals surface area (Å²) in [4.78, 5) is 24.6. The van der Waals surface area contributed by atoms with E-state index >= 15 is 0 Å². The fraction of sp³-hybridized carbons (Fsp3) is 0.875. The Morgan fingerprint density at radius 2 is 1.58 bits per heavy atom. The van der Waals surface area contributed by atoms with Gasteiger partial charge in [0, 0.05) is 11.0 Å². The predicted molar refractivity (Wildman–Crippen MR) is 99.7 cm³/mol. The monoisotopic (exact) mass is 413 g/mol. The van der Waals surface area contributed by atoms with Gasteiger partial charge in [-0.25, -0.2) is 16.8 Å². The molecule has 0 spiro atoms. The first-order valence-corrected chi connectivity index (χ1v) is 12.5. The highest BCUT2D eigenvalue weighted by molar-refractivity contribution is 8.66. The molecule has 0 heterocycles. The van der Waals surface area contributed by atoms with Gasteiger partial charge in [0.25, 0.3) is 17.7 Å². The van der Waals surface area contributed by atoms with Crippen LogP contribution in [0.1, 0.15) is 54.4 Å². The zero-order chi connectivity index (χ0) is 21.0. The van der Waals surface area contributed by atoms with Crippen molar-refractivity contribution >= 4 is 29.6 Å². The molecule has 26 heavy (non-hydrogen) atoms. The van der Waals surface area contributed by atoms with Crippen LogP contribution < -0.4 is 5.32 Å². The zero-order valence-corrected chi connectivity index (χ0v) is 18.2. The maximum absolute atomic E-state index is 12.8. The second-order valence-corrected chi connectivity index (χ2v) is 13.7. The lowest BCUT2D eigenvalue weighted by atomic mass is 9.78. The highest BCUT2D eigenvalue weighted by atomic mass is 33.2. The second-order valence-electron chi connectivity index (χ2n) is 7.52. The van der Waals surface area contributed by atoms with E-state index in [-0.39, 0.29) is 13.0 Å². The van der Waals surface area contributed by atoms with Gasteiger partial charge in [0.2, 0.25) is 5.91 Å². The number of carbonyl (C=O) groups is 2. The normalized spacial score (nSPS) is 16.4. The van der Waals surface area contributed by atoms with Crippen molar-refractivity contribution in [1.82, 2.24) is 5.32 Å². The largest absolute Gasteiger partial charge is 0.466 e. The van der Waals surface area contributed by atoms with E-state index in [1.807, 2.05) is 0 Å². The molecule has 2 unspecified atom stereocenters. The number of ether oxygens (including phenoxy) is 1. The zero-order valence-electron chi connectivity index (χ0n) is 16.6. The molecule has 0 aromatic heterocycles. The lowest BCUT2D eigenvalue weighted by molar-refractivity contribution is -0.149. The molecule has 0 radical (unpaired) electrons. The number of amides is 1. The van der Waals surface area contributed by atoms with E-state index in [0.29, 0.717) is 12.7 Å². The molecular formula is C16H31NO7S2. The number of hydrogen-bond donors (Lipinski definition) is 1. The van der Waals surface area contributed by atoms with Gasteiger partial charge in [0.15, 0.2) is 0 Å². The SMILES string of the molecule is CCOC(=O)C(C)CC(C)(CC)C(=O)NC(C)(C)CS(=O)(=O)S(C)(=O)=O. The van der Waals surface area contributed by atoms with Gasteiger partial charge in [0.1, 0.15) is 0 Å². The number of carbonyl (C=O) groups excluding carboxylic acids is 2. The fourth-order valence-corrected chi connectivity index (χ4v) is 5.18. The van der Waals surface area contributed by atoms with Crippen LogP contribution in [0.25, 0.3) is 0 Å². The van der Waals surface area contributed by atoms with Crippen LogP contribution in [-0.4, -0.2) is 52.9 Å². The van der Waals surface area contributed by atoms with Crippen LogP contribution >= 0.6 is 0 Å². The molecule has 0 saturated heterocycles. The van der Waals surface area contributed by atoms with E-state index < -0.39 is 52.2 Å². The van der Waals surface area contributed by atoms with E-state index in [2.05, 4.69) is 5.32 Å². The molecule has 0 saturated carbocycles. The summed E-state index contributed by atoms with van der Waals surface area (Å²) >= 11 is 0. The predicted octanol–water partition coefficient (Wildman–Crippen LogP) is 1.26. The average molecular weight is 414 g/mol. The van der Waals surface area contributed by atoms with Gasteiger partial charge < -0.3 is 10.1 Å². The third kappa shape index (κ3) is 6.86. The van der Waals surface area contributed by atoms with Gasteiger partial charge in [-0.1, -0.05) is 20.8 Å². The van der Waals surface area contributed by atoms with Crippen molar-refractivity contribution in [2.75, 3.05) is 18.6 Å². The highest BCUT2D eigenvalue weighted by Crippen LogP contribution is 2.31. The minimum atomic E-state index is -4.41. The first-order chi connectivity index (χ1) is 11.5. The van der Waals surface area contributed by atoms with Crippen LogP contribution in [0, 0.1) is 11.3 Å². The van der Waals surface area contributed by atoms with Crippen LogP contribution in [0.2, 0.25) is 0 Å². The summed E-state index contributed by atoms with van der Waals surface area (Å²) in [6.07, 6.45) is 1.26. The molecule has 0 aliphatic rings. The number of hydrogen-bond acceptors (Lipinski definition) is 7. The Bertz CT molecular complexity index is 726. The summed E-state index contributed by atoms with van der Waals surface area (Å²) in [6, 6.07) is 0. The Balaban J connectivity index is 5.32. The third-order valence-electron chi connectivity index (χ3n) is 4.22. The van der Waals surface area contributed by atoms with Crippen molar-refractivity contribution in [2.45, 2.75) is 59.9 Å². The minimum Gasteiger partial charge on any atom is -0.466 e.